The highest BCUT2D eigenvalue weighted by Crippen LogP contribution is 2.22. The second-order valence-electron chi connectivity index (χ2n) is 7.07. The second-order valence-corrected chi connectivity index (χ2v) is 7.07. The number of aryl methyl sites for hydroxylation is 2. The van der Waals surface area contributed by atoms with Crippen LogP contribution in [0.25, 0.3) is 0 Å². The first-order valence-corrected chi connectivity index (χ1v) is 9.86. The van der Waals surface area contributed by atoms with Gasteiger partial charge in [0.15, 0.2) is 6.10 Å². The Morgan fingerprint density at radius 1 is 0.966 bits per heavy atom. The maximum Gasteiger partial charge on any atom is 0.265 e. The van der Waals surface area contributed by atoms with E-state index in [9.17, 15) is 4.79 Å². The van der Waals surface area contributed by atoms with Crippen LogP contribution in [0.2, 0.25) is 0 Å². The standard InChI is InChI=1S/C25H27NO3/c1-4-23(29-24-15-10-18(2)16-19(24)3)25(27)26-21-11-13-22(14-12-21)28-17-20-8-6-5-7-9-20/h5-16,23H,4,17H2,1-3H3,(H,26,27)/t23-/m0/s1. The van der Waals surface area contributed by atoms with E-state index in [1.165, 1.54) is 5.56 Å². The van der Waals surface area contributed by atoms with Gasteiger partial charge >= 0.3 is 0 Å². The molecule has 3 aromatic carbocycles. The summed E-state index contributed by atoms with van der Waals surface area (Å²) >= 11 is 0. The third-order valence-electron chi connectivity index (χ3n) is 4.63. The highest BCUT2D eigenvalue weighted by molar-refractivity contribution is 5.94. The Labute approximate surface area is 172 Å². The zero-order chi connectivity index (χ0) is 20.6. The highest BCUT2D eigenvalue weighted by Gasteiger charge is 2.19. The molecule has 0 radical (unpaired) electrons. The van der Waals surface area contributed by atoms with Crippen LogP contribution in [-0.2, 0) is 11.4 Å². The minimum absolute atomic E-state index is 0.162. The maximum absolute atomic E-state index is 12.7. The molecule has 0 aliphatic rings. The Balaban J connectivity index is 1.57. The Hall–Kier alpha value is -3.27. The first-order chi connectivity index (χ1) is 14.0. The van der Waals surface area contributed by atoms with Crippen molar-refractivity contribution >= 4 is 11.6 Å². The van der Waals surface area contributed by atoms with E-state index < -0.39 is 6.10 Å². The van der Waals surface area contributed by atoms with E-state index >= 15 is 0 Å². The normalized spacial score (nSPS) is 11.6. The number of hydrogen-bond acceptors (Lipinski definition) is 3. The van der Waals surface area contributed by atoms with Gasteiger partial charge in [-0.3, -0.25) is 4.79 Å². The average molecular weight is 389 g/mol. The molecule has 0 saturated carbocycles. The van der Waals surface area contributed by atoms with Gasteiger partial charge in [0.05, 0.1) is 0 Å². The maximum atomic E-state index is 12.7. The molecule has 0 aliphatic heterocycles. The Kier molecular flexibility index (Phi) is 6.90. The smallest absolute Gasteiger partial charge is 0.265 e. The van der Waals surface area contributed by atoms with Crippen LogP contribution >= 0.6 is 0 Å². The zero-order valence-corrected chi connectivity index (χ0v) is 17.1. The van der Waals surface area contributed by atoms with E-state index in [1.807, 2.05) is 93.6 Å². The molecule has 3 aromatic rings. The van der Waals surface area contributed by atoms with Crippen LogP contribution in [0.3, 0.4) is 0 Å². The van der Waals surface area contributed by atoms with Gasteiger partial charge < -0.3 is 14.8 Å². The van der Waals surface area contributed by atoms with Gasteiger partial charge in [0.2, 0.25) is 0 Å². The lowest BCUT2D eigenvalue weighted by atomic mass is 10.1. The summed E-state index contributed by atoms with van der Waals surface area (Å²) in [4.78, 5) is 12.7. The number of hydrogen-bond donors (Lipinski definition) is 1. The summed E-state index contributed by atoms with van der Waals surface area (Å²) in [5, 5.41) is 2.93. The van der Waals surface area contributed by atoms with Crippen molar-refractivity contribution in [2.75, 3.05) is 5.32 Å². The quantitative estimate of drug-likeness (QED) is 0.539. The summed E-state index contributed by atoms with van der Waals surface area (Å²) in [6, 6.07) is 23.3. The van der Waals surface area contributed by atoms with Gasteiger partial charge in [-0.05, 0) is 61.7 Å². The lowest BCUT2D eigenvalue weighted by molar-refractivity contribution is -0.122. The predicted octanol–water partition coefficient (Wildman–Crippen LogP) is 5.68. The monoisotopic (exact) mass is 389 g/mol. The molecule has 0 saturated heterocycles. The first-order valence-electron chi connectivity index (χ1n) is 9.86. The molecule has 150 valence electrons. The molecule has 4 heteroatoms. The van der Waals surface area contributed by atoms with Crippen LogP contribution < -0.4 is 14.8 Å². The van der Waals surface area contributed by atoms with Gasteiger partial charge in [0, 0.05) is 5.69 Å². The molecule has 1 N–H and O–H groups in total. The molecular formula is C25H27NO3. The largest absolute Gasteiger partial charge is 0.489 e. The summed E-state index contributed by atoms with van der Waals surface area (Å²) in [6.45, 7) is 6.47. The summed E-state index contributed by atoms with van der Waals surface area (Å²) < 4.78 is 11.7. The molecule has 0 aromatic heterocycles. The van der Waals surface area contributed by atoms with Crippen LogP contribution in [0.4, 0.5) is 5.69 Å². The van der Waals surface area contributed by atoms with Crippen LogP contribution in [0.5, 0.6) is 11.5 Å². The van der Waals surface area contributed by atoms with Gasteiger partial charge in [0.25, 0.3) is 5.91 Å². The van der Waals surface area contributed by atoms with E-state index in [1.54, 1.807) is 0 Å². The molecule has 1 atom stereocenters. The summed E-state index contributed by atoms with van der Waals surface area (Å²) in [7, 11) is 0. The van der Waals surface area contributed by atoms with Gasteiger partial charge in [-0.1, -0.05) is 55.0 Å². The molecular weight excluding hydrogens is 362 g/mol. The van der Waals surface area contributed by atoms with E-state index in [0.29, 0.717) is 18.7 Å². The van der Waals surface area contributed by atoms with Gasteiger partial charge in [0.1, 0.15) is 18.1 Å². The average Bonchev–Trinajstić information content (AvgIpc) is 2.73. The Morgan fingerprint density at radius 2 is 1.69 bits per heavy atom. The first kappa shape index (κ1) is 20.5. The fourth-order valence-electron chi connectivity index (χ4n) is 3.01. The summed E-state index contributed by atoms with van der Waals surface area (Å²) in [6.07, 6.45) is 0.0302. The fraction of sp³-hybridized carbons (Fsp3) is 0.240. The fourth-order valence-corrected chi connectivity index (χ4v) is 3.01. The topological polar surface area (TPSA) is 47.6 Å². The molecule has 0 bridgehead atoms. The van der Waals surface area contributed by atoms with Crippen LogP contribution in [-0.4, -0.2) is 12.0 Å². The Bertz CT molecular complexity index is 936. The Morgan fingerprint density at radius 3 is 2.34 bits per heavy atom. The van der Waals surface area contributed by atoms with Crippen LogP contribution in [0.1, 0.15) is 30.0 Å². The van der Waals surface area contributed by atoms with E-state index in [-0.39, 0.29) is 5.91 Å². The molecule has 0 heterocycles. The summed E-state index contributed by atoms with van der Waals surface area (Å²) in [5.41, 5.74) is 4.02. The molecule has 0 aliphatic carbocycles. The van der Waals surface area contributed by atoms with Crippen molar-refractivity contribution in [3.63, 3.8) is 0 Å². The van der Waals surface area contributed by atoms with Crippen molar-refractivity contribution in [3.05, 3.63) is 89.5 Å². The number of ether oxygens (including phenoxy) is 2. The molecule has 1 amide bonds. The summed E-state index contributed by atoms with van der Waals surface area (Å²) in [5.74, 6) is 1.33. The lowest BCUT2D eigenvalue weighted by Gasteiger charge is -2.19. The van der Waals surface area contributed by atoms with Crippen molar-refractivity contribution < 1.29 is 14.3 Å². The van der Waals surface area contributed by atoms with Crippen LogP contribution in [0.15, 0.2) is 72.8 Å². The van der Waals surface area contributed by atoms with Crippen molar-refractivity contribution in [1.29, 1.82) is 0 Å². The molecule has 3 rings (SSSR count). The van der Waals surface area contributed by atoms with Crippen molar-refractivity contribution in [2.24, 2.45) is 0 Å². The van der Waals surface area contributed by atoms with Crippen molar-refractivity contribution in [3.8, 4) is 11.5 Å². The molecule has 0 unspecified atom stereocenters. The third-order valence-corrected chi connectivity index (χ3v) is 4.63. The van der Waals surface area contributed by atoms with Gasteiger partial charge in [-0.2, -0.15) is 0 Å². The van der Waals surface area contributed by atoms with E-state index in [2.05, 4.69) is 5.32 Å². The molecule has 29 heavy (non-hydrogen) atoms. The zero-order valence-electron chi connectivity index (χ0n) is 17.1. The number of anilines is 1. The van der Waals surface area contributed by atoms with Gasteiger partial charge in [-0.15, -0.1) is 0 Å². The predicted molar refractivity (Wildman–Crippen MR) is 116 cm³/mol. The molecule has 4 nitrogen and oxygen atoms in total. The molecule has 0 spiro atoms. The number of amides is 1. The van der Waals surface area contributed by atoms with E-state index in [4.69, 9.17) is 9.47 Å². The van der Waals surface area contributed by atoms with Crippen molar-refractivity contribution in [2.45, 2.75) is 39.9 Å². The number of carbonyl (C=O) groups is 1. The van der Waals surface area contributed by atoms with E-state index in [0.717, 1.165) is 22.6 Å². The number of nitrogens with one attached hydrogen (secondary N) is 1. The van der Waals surface area contributed by atoms with Crippen LogP contribution in [0, 0.1) is 13.8 Å². The number of benzene rings is 3. The minimum atomic E-state index is -0.551. The third kappa shape index (κ3) is 5.85. The number of rotatable bonds is 8. The molecule has 0 fully saturated rings. The SMILES string of the molecule is CC[C@H](Oc1ccc(C)cc1C)C(=O)Nc1ccc(OCc2ccccc2)cc1. The second kappa shape index (κ2) is 9.78. The highest BCUT2D eigenvalue weighted by atomic mass is 16.5. The van der Waals surface area contributed by atoms with Crippen molar-refractivity contribution in [1.82, 2.24) is 0 Å². The lowest BCUT2D eigenvalue weighted by Crippen LogP contribution is -2.32. The minimum Gasteiger partial charge on any atom is -0.489 e. The van der Waals surface area contributed by atoms with Gasteiger partial charge in [-0.25, -0.2) is 0 Å². The number of carbonyl (C=O) groups excluding carboxylic acids is 1.